The summed E-state index contributed by atoms with van der Waals surface area (Å²) in [5.41, 5.74) is 1.84. The van der Waals surface area contributed by atoms with Crippen molar-refractivity contribution < 1.29 is 13.3 Å². The number of nitro groups is 1. The predicted octanol–water partition coefficient (Wildman–Crippen LogP) is 2.00. The molecule has 1 aromatic carbocycles. The van der Waals surface area contributed by atoms with Crippen LogP contribution in [-0.2, 0) is 10.0 Å². The lowest BCUT2D eigenvalue weighted by Crippen LogP contribution is -2.37. The van der Waals surface area contributed by atoms with Crippen molar-refractivity contribution in [2.45, 2.75) is 11.8 Å². The number of benzene rings is 1. The highest BCUT2D eigenvalue weighted by molar-refractivity contribution is 7.89. The van der Waals surface area contributed by atoms with E-state index in [1.54, 1.807) is 35.1 Å². The number of aromatic nitrogens is 2. The van der Waals surface area contributed by atoms with Crippen molar-refractivity contribution in [1.29, 1.82) is 5.26 Å². The van der Waals surface area contributed by atoms with E-state index in [1.165, 1.54) is 25.1 Å². The molecule has 3 aromatic rings. The fraction of sp³-hybridized carbons (Fsp3) is 0.111. The number of nitriles is 1. The summed E-state index contributed by atoms with van der Waals surface area (Å²) < 4.78 is 27.6. The molecular formula is C18H16N6O4S. The smallest absolute Gasteiger partial charge is 0.258 e. The number of aryl methyl sites for hydroxylation is 1. The van der Waals surface area contributed by atoms with E-state index in [4.69, 9.17) is 11.1 Å². The molecule has 0 aliphatic carbocycles. The molecule has 11 heteroatoms. The van der Waals surface area contributed by atoms with Crippen LogP contribution in [0, 0.1) is 28.4 Å². The Kier molecular flexibility index (Phi) is 5.42. The second-order valence-electron chi connectivity index (χ2n) is 6.14. The summed E-state index contributed by atoms with van der Waals surface area (Å²) in [5.74, 6) is 5.74. The third kappa shape index (κ3) is 3.99. The first-order valence-corrected chi connectivity index (χ1v) is 9.74. The molecule has 0 bridgehead atoms. The maximum absolute atomic E-state index is 12.7. The summed E-state index contributed by atoms with van der Waals surface area (Å²) in [6.45, 7) is 1.37. The van der Waals surface area contributed by atoms with Crippen molar-refractivity contribution in [2.24, 2.45) is 5.84 Å². The molecular weight excluding hydrogens is 396 g/mol. The fourth-order valence-electron chi connectivity index (χ4n) is 2.69. The molecule has 0 unspecified atom stereocenters. The highest BCUT2D eigenvalue weighted by Crippen LogP contribution is 2.23. The number of rotatable bonds is 6. The molecule has 0 aliphatic heterocycles. The zero-order chi connectivity index (χ0) is 21.2. The minimum Gasteiger partial charge on any atom is -0.258 e. The first kappa shape index (κ1) is 20.2. The van der Waals surface area contributed by atoms with Crippen LogP contribution in [-0.4, -0.2) is 33.9 Å². The van der Waals surface area contributed by atoms with Crippen LogP contribution in [0.3, 0.4) is 0 Å². The van der Waals surface area contributed by atoms with E-state index >= 15 is 0 Å². The molecule has 148 valence electrons. The molecule has 2 N–H and O–H groups in total. The molecule has 0 saturated heterocycles. The third-order valence-electron chi connectivity index (χ3n) is 4.23. The van der Waals surface area contributed by atoms with Gasteiger partial charge in [-0.15, -0.1) is 4.41 Å². The van der Waals surface area contributed by atoms with Crippen molar-refractivity contribution in [2.75, 3.05) is 6.54 Å². The quantitative estimate of drug-likeness (QED) is 0.370. The van der Waals surface area contributed by atoms with E-state index in [2.05, 4.69) is 5.10 Å². The molecule has 0 aliphatic rings. The fourth-order valence-corrected chi connectivity index (χ4v) is 3.97. The predicted molar refractivity (Wildman–Crippen MR) is 105 cm³/mol. The number of non-ortho nitro benzene ring substituents is 1. The van der Waals surface area contributed by atoms with Gasteiger partial charge < -0.3 is 0 Å². The van der Waals surface area contributed by atoms with Gasteiger partial charge in [-0.25, -0.2) is 12.9 Å². The van der Waals surface area contributed by atoms with Gasteiger partial charge in [0.2, 0.25) is 0 Å². The van der Waals surface area contributed by atoms with Crippen LogP contribution in [0.25, 0.3) is 11.6 Å². The largest absolute Gasteiger partial charge is 0.270 e. The highest BCUT2D eigenvalue weighted by atomic mass is 32.2. The van der Waals surface area contributed by atoms with Crippen molar-refractivity contribution in [3.63, 3.8) is 0 Å². The zero-order valence-electron chi connectivity index (χ0n) is 15.3. The van der Waals surface area contributed by atoms with E-state index in [9.17, 15) is 18.5 Å². The monoisotopic (exact) mass is 412 g/mol. The average molecular weight is 412 g/mol. The van der Waals surface area contributed by atoms with Crippen molar-refractivity contribution >= 4 is 27.3 Å². The normalized spacial score (nSPS) is 11.9. The van der Waals surface area contributed by atoms with Crippen LogP contribution in [0.2, 0.25) is 0 Å². The maximum Gasteiger partial charge on any atom is 0.270 e. The number of hydrogen-bond acceptors (Lipinski definition) is 7. The molecule has 0 spiro atoms. The minimum atomic E-state index is -4.13. The summed E-state index contributed by atoms with van der Waals surface area (Å²) in [7, 11) is -4.13. The van der Waals surface area contributed by atoms with Gasteiger partial charge in [-0.05, 0) is 24.6 Å². The molecule has 0 radical (unpaired) electrons. The number of hydrazine groups is 1. The molecule has 0 atom stereocenters. The number of nitrogens with two attached hydrogens (primary N) is 1. The van der Waals surface area contributed by atoms with Crippen LogP contribution in [0.15, 0.2) is 53.7 Å². The number of pyridine rings is 1. The van der Waals surface area contributed by atoms with Crippen LogP contribution < -0.4 is 5.84 Å². The Bertz CT molecular complexity index is 1270. The Morgan fingerprint density at radius 1 is 1.38 bits per heavy atom. The van der Waals surface area contributed by atoms with Gasteiger partial charge in [-0.1, -0.05) is 18.2 Å². The molecule has 3 rings (SSSR count). The number of nitrogens with zero attached hydrogens (tertiary/aromatic N) is 5. The number of nitro benzene ring substituents is 1. The van der Waals surface area contributed by atoms with Gasteiger partial charge in [0.15, 0.2) is 0 Å². The minimum absolute atomic E-state index is 0.167. The van der Waals surface area contributed by atoms with Crippen LogP contribution in [0.5, 0.6) is 0 Å². The van der Waals surface area contributed by atoms with E-state index in [0.29, 0.717) is 26.6 Å². The molecule has 29 heavy (non-hydrogen) atoms. The van der Waals surface area contributed by atoms with Crippen molar-refractivity contribution in [3.8, 4) is 6.07 Å². The Labute approximate surface area is 166 Å². The summed E-state index contributed by atoms with van der Waals surface area (Å²) in [6.07, 6.45) is 6.39. The molecule has 2 heterocycles. The van der Waals surface area contributed by atoms with Gasteiger partial charge in [0.25, 0.3) is 15.7 Å². The number of hydrogen-bond donors (Lipinski definition) is 1. The van der Waals surface area contributed by atoms with Gasteiger partial charge in [-0.2, -0.15) is 10.4 Å². The Hall–Kier alpha value is -3.59. The van der Waals surface area contributed by atoms with Crippen LogP contribution in [0.4, 0.5) is 5.69 Å². The summed E-state index contributed by atoms with van der Waals surface area (Å²) >= 11 is 0. The first-order valence-electron chi connectivity index (χ1n) is 8.30. The van der Waals surface area contributed by atoms with Gasteiger partial charge in [-0.3, -0.25) is 16.0 Å². The van der Waals surface area contributed by atoms with Crippen molar-refractivity contribution in [1.82, 2.24) is 14.0 Å². The van der Waals surface area contributed by atoms with Gasteiger partial charge in [0.1, 0.15) is 0 Å². The average Bonchev–Trinajstić information content (AvgIpc) is 3.10. The zero-order valence-corrected chi connectivity index (χ0v) is 16.1. The first-order chi connectivity index (χ1) is 13.7. The molecule has 2 aromatic heterocycles. The van der Waals surface area contributed by atoms with Crippen LogP contribution >= 0.6 is 0 Å². The highest BCUT2D eigenvalue weighted by Gasteiger charge is 2.25. The molecule has 0 fully saturated rings. The van der Waals surface area contributed by atoms with E-state index in [0.717, 1.165) is 6.07 Å². The lowest BCUT2D eigenvalue weighted by Gasteiger charge is -2.16. The lowest BCUT2D eigenvalue weighted by molar-refractivity contribution is -0.385. The van der Waals surface area contributed by atoms with Gasteiger partial charge in [0, 0.05) is 30.4 Å². The topological polar surface area (TPSA) is 148 Å². The van der Waals surface area contributed by atoms with Gasteiger partial charge in [0.05, 0.1) is 33.2 Å². The molecule has 10 nitrogen and oxygen atoms in total. The second kappa shape index (κ2) is 7.80. The van der Waals surface area contributed by atoms with E-state index in [1.807, 2.05) is 6.07 Å². The van der Waals surface area contributed by atoms with Crippen LogP contribution in [0.1, 0.15) is 16.7 Å². The lowest BCUT2D eigenvalue weighted by atomic mass is 10.2. The van der Waals surface area contributed by atoms with E-state index in [-0.39, 0.29) is 17.1 Å². The Morgan fingerprint density at radius 2 is 2.14 bits per heavy atom. The summed E-state index contributed by atoms with van der Waals surface area (Å²) in [4.78, 5) is 10.1. The number of fused-ring (bicyclic) bond motifs is 1. The Morgan fingerprint density at radius 3 is 2.83 bits per heavy atom. The van der Waals surface area contributed by atoms with Gasteiger partial charge >= 0.3 is 0 Å². The maximum atomic E-state index is 12.7. The summed E-state index contributed by atoms with van der Waals surface area (Å²) in [5, 5.41) is 24.1. The number of sulfonamides is 1. The molecule has 0 saturated carbocycles. The second-order valence-corrected chi connectivity index (χ2v) is 8.00. The Balaban J connectivity index is 1.83. The van der Waals surface area contributed by atoms with Crippen molar-refractivity contribution in [3.05, 3.63) is 75.6 Å². The molecule has 0 amide bonds. The summed E-state index contributed by atoms with van der Waals surface area (Å²) in [6, 6.07) is 8.92. The SMILES string of the molecule is Cc1ccc([N+](=O)[O-])cc1S(=O)(=O)N(N)CC=Cc1cnn2ccc(C#N)cc12. The van der Waals surface area contributed by atoms with E-state index < -0.39 is 14.9 Å². The standard InChI is InChI=1S/C18H16N6O4S/c1-13-4-5-16(24(25)26)10-18(13)29(27,28)23(20)7-2-3-15-12-21-22-8-6-14(11-19)9-17(15)22/h2-6,8-10,12H,7,20H2,1H3. The third-order valence-corrected chi connectivity index (χ3v) is 5.99.